The summed E-state index contributed by atoms with van der Waals surface area (Å²) in [6.45, 7) is 7.53. The van der Waals surface area contributed by atoms with Crippen LogP contribution < -0.4 is 10.9 Å². The van der Waals surface area contributed by atoms with Gasteiger partial charge in [0, 0.05) is 12.1 Å². The van der Waals surface area contributed by atoms with Crippen molar-refractivity contribution >= 4 is 16.8 Å². The first-order valence-corrected chi connectivity index (χ1v) is 10.9. The normalized spacial score (nSPS) is 12.2. The number of aryl methyl sites for hydroxylation is 3. The molecule has 170 valence electrons. The van der Waals surface area contributed by atoms with E-state index in [1.165, 1.54) is 10.7 Å². The zero-order chi connectivity index (χ0) is 23.7. The summed E-state index contributed by atoms with van der Waals surface area (Å²) in [5.74, 6) is -0.792. The topological polar surface area (TPSA) is 81.8 Å². The maximum Gasteiger partial charge on any atom is 0.295 e. The van der Waals surface area contributed by atoms with Crippen LogP contribution in [-0.4, -0.2) is 25.5 Å². The molecule has 0 radical (unpaired) electrons. The van der Waals surface area contributed by atoms with Crippen LogP contribution in [0.1, 0.15) is 41.9 Å². The number of hydrogen-bond donors (Lipinski definition) is 1. The highest BCUT2D eigenvalue weighted by Crippen LogP contribution is 2.22. The van der Waals surface area contributed by atoms with E-state index in [4.69, 9.17) is 0 Å². The Morgan fingerprint density at radius 3 is 2.42 bits per heavy atom. The Kier molecular flexibility index (Phi) is 6.09. The number of fused-ring (bicyclic) bond motifs is 1. The van der Waals surface area contributed by atoms with Gasteiger partial charge in [0.2, 0.25) is 5.91 Å². The Balaban J connectivity index is 1.71. The van der Waals surface area contributed by atoms with E-state index < -0.39 is 23.3 Å². The summed E-state index contributed by atoms with van der Waals surface area (Å²) < 4.78 is 16.8. The number of rotatable bonds is 6. The summed E-state index contributed by atoms with van der Waals surface area (Å²) in [5, 5.41) is 12.4. The summed E-state index contributed by atoms with van der Waals surface area (Å²) in [5.41, 5.74) is 3.59. The number of halogens is 1. The Bertz CT molecular complexity index is 1390. The fourth-order valence-electron chi connectivity index (χ4n) is 4.01. The number of nitrogens with one attached hydrogen (secondary N) is 1. The van der Waals surface area contributed by atoms with Crippen LogP contribution >= 0.6 is 0 Å². The lowest BCUT2D eigenvalue weighted by Gasteiger charge is -2.17. The monoisotopic (exact) mass is 447 g/mol. The highest BCUT2D eigenvalue weighted by Gasteiger charge is 2.25. The van der Waals surface area contributed by atoms with Gasteiger partial charge in [-0.05, 0) is 45.4 Å². The van der Waals surface area contributed by atoms with Crippen LogP contribution in [0.5, 0.6) is 0 Å². The van der Waals surface area contributed by atoms with Crippen molar-refractivity contribution in [2.75, 3.05) is 0 Å². The molecular weight excluding hydrogens is 421 g/mol. The first-order chi connectivity index (χ1) is 15.8. The van der Waals surface area contributed by atoms with Crippen molar-refractivity contribution < 1.29 is 9.18 Å². The molecular formula is C25H26FN5O2. The van der Waals surface area contributed by atoms with E-state index in [1.807, 2.05) is 38.1 Å². The molecule has 1 atom stereocenters. The lowest BCUT2D eigenvalue weighted by Crippen LogP contribution is -2.38. The number of carbonyl (C=O) groups excluding carboxylic acids is 1. The van der Waals surface area contributed by atoms with Crippen molar-refractivity contribution in [2.45, 2.75) is 46.7 Å². The standard InChI is InChI=1S/C25H26FN5O2/c1-5-21(24(32)27-14-18-8-6-7-9-20(18)26)31-25(33)23-22(16(3)28-31)17(4)30(29-23)19-12-10-15(2)11-13-19/h6-13,21H,5,14H2,1-4H3,(H,27,32). The summed E-state index contributed by atoms with van der Waals surface area (Å²) in [6.07, 6.45) is 0.346. The second-order valence-electron chi connectivity index (χ2n) is 8.12. The van der Waals surface area contributed by atoms with E-state index in [0.29, 0.717) is 23.1 Å². The molecule has 2 heterocycles. The number of amides is 1. The van der Waals surface area contributed by atoms with Crippen molar-refractivity contribution in [3.8, 4) is 5.69 Å². The fourth-order valence-corrected chi connectivity index (χ4v) is 4.01. The molecule has 1 N–H and O–H groups in total. The Morgan fingerprint density at radius 1 is 1.06 bits per heavy atom. The largest absolute Gasteiger partial charge is 0.350 e. The molecule has 0 saturated heterocycles. The van der Waals surface area contributed by atoms with Gasteiger partial charge in [0.05, 0.1) is 22.5 Å². The van der Waals surface area contributed by atoms with E-state index in [9.17, 15) is 14.0 Å². The van der Waals surface area contributed by atoms with Gasteiger partial charge in [0.25, 0.3) is 5.56 Å². The molecule has 0 bridgehead atoms. The molecule has 4 aromatic rings. The van der Waals surface area contributed by atoms with Crippen molar-refractivity contribution in [1.29, 1.82) is 0 Å². The zero-order valence-electron chi connectivity index (χ0n) is 19.1. The predicted octanol–water partition coefficient (Wildman–Crippen LogP) is 3.91. The number of aromatic nitrogens is 4. The Morgan fingerprint density at radius 2 is 1.76 bits per heavy atom. The lowest BCUT2D eigenvalue weighted by atomic mass is 10.1. The molecule has 1 amide bonds. The van der Waals surface area contributed by atoms with Gasteiger partial charge in [0.1, 0.15) is 11.9 Å². The van der Waals surface area contributed by atoms with Crippen molar-refractivity contribution in [3.05, 3.63) is 87.2 Å². The average molecular weight is 448 g/mol. The van der Waals surface area contributed by atoms with Crippen LogP contribution in [0.3, 0.4) is 0 Å². The first kappa shape index (κ1) is 22.4. The van der Waals surface area contributed by atoms with E-state index in [2.05, 4.69) is 15.5 Å². The quantitative estimate of drug-likeness (QED) is 0.486. The number of carbonyl (C=O) groups is 1. The van der Waals surface area contributed by atoms with Gasteiger partial charge < -0.3 is 5.32 Å². The van der Waals surface area contributed by atoms with Gasteiger partial charge in [-0.3, -0.25) is 9.59 Å². The molecule has 0 aliphatic heterocycles. The fraction of sp³-hybridized carbons (Fsp3) is 0.280. The maximum atomic E-state index is 13.9. The van der Waals surface area contributed by atoms with Crippen LogP contribution in [0.15, 0.2) is 53.3 Å². The van der Waals surface area contributed by atoms with Gasteiger partial charge in [-0.25, -0.2) is 13.8 Å². The third kappa shape index (κ3) is 4.16. The van der Waals surface area contributed by atoms with Gasteiger partial charge in [-0.15, -0.1) is 0 Å². The number of hydrogen-bond acceptors (Lipinski definition) is 4. The van der Waals surface area contributed by atoms with Crippen molar-refractivity contribution in [2.24, 2.45) is 0 Å². The molecule has 0 saturated carbocycles. The minimum absolute atomic E-state index is 0.0269. The second-order valence-corrected chi connectivity index (χ2v) is 8.12. The van der Waals surface area contributed by atoms with Crippen LogP contribution in [0, 0.1) is 26.6 Å². The maximum absolute atomic E-state index is 13.9. The van der Waals surface area contributed by atoms with E-state index in [0.717, 1.165) is 16.9 Å². The molecule has 33 heavy (non-hydrogen) atoms. The average Bonchev–Trinajstić information content (AvgIpc) is 3.15. The number of benzene rings is 2. The Hall–Kier alpha value is -3.81. The predicted molar refractivity (Wildman–Crippen MR) is 125 cm³/mol. The van der Waals surface area contributed by atoms with Gasteiger partial charge in [0.15, 0.2) is 5.52 Å². The van der Waals surface area contributed by atoms with E-state index >= 15 is 0 Å². The Labute approximate surface area is 190 Å². The van der Waals surface area contributed by atoms with Crippen LogP contribution in [0.4, 0.5) is 4.39 Å². The third-order valence-electron chi connectivity index (χ3n) is 5.82. The van der Waals surface area contributed by atoms with Gasteiger partial charge in [-0.1, -0.05) is 42.8 Å². The van der Waals surface area contributed by atoms with Crippen LogP contribution in [-0.2, 0) is 11.3 Å². The molecule has 0 spiro atoms. The highest BCUT2D eigenvalue weighted by molar-refractivity contribution is 5.84. The van der Waals surface area contributed by atoms with Gasteiger partial charge >= 0.3 is 0 Å². The SMILES string of the molecule is CCC(C(=O)NCc1ccccc1F)n1nc(C)c2c(C)n(-c3ccc(C)cc3)nc2c1=O. The summed E-state index contributed by atoms with van der Waals surface area (Å²) >= 11 is 0. The molecule has 2 aromatic heterocycles. The summed E-state index contributed by atoms with van der Waals surface area (Å²) in [7, 11) is 0. The van der Waals surface area contributed by atoms with Gasteiger partial charge in [-0.2, -0.15) is 10.2 Å². The van der Waals surface area contributed by atoms with Crippen molar-refractivity contribution in [1.82, 2.24) is 24.9 Å². The molecule has 0 aliphatic rings. The zero-order valence-corrected chi connectivity index (χ0v) is 19.1. The highest BCUT2D eigenvalue weighted by atomic mass is 19.1. The molecule has 1 unspecified atom stereocenters. The number of nitrogens with zero attached hydrogens (tertiary/aromatic N) is 4. The van der Waals surface area contributed by atoms with E-state index in [1.54, 1.807) is 36.7 Å². The molecule has 0 fully saturated rings. The second kappa shape index (κ2) is 8.97. The van der Waals surface area contributed by atoms with Crippen LogP contribution in [0.2, 0.25) is 0 Å². The summed E-state index contributed by atoms with van der Waals surface area (Å²) in [4.78, 5) is 26.3. The summed E-state index contributed by atoms with van der Waals surface area (Å²) in [6, 6.07) is 13.3. The van der Waals surface area contributed by atoms with Crippen LogP contribution in [0.25, 0.3) is 16.6 Å². The molecule has 8 heteroatoms. The molecule has 7 nitrogen and oxygen atoms in total. The minimum Gasteiger partial charge on any atom is -0.350 e. The van der Waals surface area contributed by atoms with E-state index in [-0.39, 0.29) is 12.1 Å². The first-order valence-electron chi connectivity index (χ1n) is 10.9. The smallest absolute Gasteiger partial charge is 0.295 e. The molecule has 0 aliphatic carbocycles. The van der Waals surface area contributed by atoms with Crippen molar-refractivity contribution in [3.63, 3.8) is 0 Å². The molecule has 4 rings (SSSR count). The third-order valence-corrected chi connectivity index (χ3v) is 5.82. The minimum atomic E-state index is -0.836. The molecule has 2 aromatic carbocycles. The lowest BCUT2D eigenvalue weighted by molar-refractivity contribution is -0.125.